The molecule has 0 aromatic heterocycles. The van der Waals surface area contributed by atoms with Crippen molar-refractivity contribution >= 4 is 63.1 Å². The van der Waals surface area contributed by atoms with Crippen LogP contribution in [0.1, 0.15) is 231 Å². The van der Waals surface area contributed by atoms with Crippen LogP contribution in [-0.4, -0.2) is 17.3 Å². The summed E-state index contributed by atoms with van der Waals surface area (Å²) in [4.78, 5) is 0. The predicted octanol–water partition coefficient (Wildman–Crippen LogP) is 16.4. The van der Waals surface area contributed by atoms with Gasteiger partial charge in [0.1, 0.15) is 0 Å². The van der Waals surface area contributed by atoms with E-state index in [0.29, 0.717) is 5.41 Å². The van der Waals surface area contributed by atoms with E-state index in [4.69, 9.17) is 12.6 Å². The van der Waals surface area contributed by atoms with Gasteiger partial charge in [0.25, 0.3) is 0 Å². The zero-order chi connectivity index (χ0) is 34.4. The maximum absolute atomic E-state index is 5.39. The summed E-state index contributed by atoms with van der Waals surface area (Å²) in [5.41, 5.74) is 0.340. The van der Waals surface area contributed by atoms with Gasteiger partial charge in [-0.05, 0) is 74.0 Å². The van der Waals surface area contributed by atoms with Crippen molar-refractivity contribution in [2.75, 3.05) is 17.3 Å². The second-order valence-corrected chi connectivity index (χ2v) is 17.1. The van der Waals surface area contributed by atoms with Gasteiger partial charge < -0.3 is 0 Å². The van der Waals surface area contributed by atoms with Crippen LogP contribution >= 0.6 is 63.1 Å². The number of hydrogen-bond donors (Lipinski definition) is 5. The molecule has 0 saturated heterocycles. The Morgan fingerprint density at radius 1 is 0.340 bits per heavy atom. The van der Waals surface area contributed by atoms with Crippen LogP contribution in [-0.2, 0) is 0 Å². The van der Waals surface area contributed by atoms with Gasteiger partial charge in [-0.1, -0.05) is 180 Å². The fourth-order valence-electron chi connectivity index (χ4n) is 7.40. The lowest BCUT2D eigenvalue weighted by atomic mass is 9.70. The molecule has 0 spiro atoms. The Hall–Kier alpha value is 1.75. The summed E-state index contributed by atoms with van der Waals surface area (Å²) in [5, 5.41) is 1.56. The van der Waals surface area contributed by atoms with E-state index in [9.17, 15) is 0 Å². The van der Waals surface area contributed by atoms with Crippen LogP contribution in [0.2, 0.25) is 0 Å². The van der Waals surface area contributed by atoms with E-state index in [0.717, 1.165) is 23.7 Å². The number of unbranched alkanes of at least 4 members (excludes halogenated alkanes) is 28. The Kier molecular flexibility index (Phi) is 42.0. The van der Waals surface area contributed by atoms with Crippen LogP contribution in [0.25, 0.3) is 0 Å². The summed E-state index contributed by atoms with van der Waals surface area (Å²) < 4.78 is 0. The van der Waals surface area contributed by atoms with E-state index in [2.05, 4.69) is 56.3 Å². The molecule has 1 atom stereocenters. The van der Waals surface area contributed by atoms with Crippen LogP contribution in [0.5, 0.6) is 0 Å². The molecule has 1 unspecified atom stereocenters. The van der Waals surface area contributed by atoms with Gasteiger partial charge in [-0.15, -0.1) is 0 Å². The normalized spacial score (nSPS) is 13.1. The minimum absolute atomic E-state index is 0.340. The molecule has 0 rings (SSSR count). The molecule has 0 aliphatic heterocycles. The van der Waals surface area contributed by atoms with Crippen molar-refractivity contribution in [2.24, 2.45) is 5.41 Å². The molecule has 0 N–H and O–H groups in total. The van der Waals surface area contributed by atoms with Gasteiger partial charge in [-0.25, -0.2) is 0 Å². The standard InChI is InChI=1S/C42H84S5/c43-37-29-22-16-10-5-2-1-3-7-13-19-25-33-41(47)42(36-28-32-40-46,35-27-21-15-9-12-18-24-31-39-45)34-26-20-14-8-4-6-11-17-23-30-38-44/h40,43-47H,1-39H2. The second-order valence-electron chi connectivity index (χ2n) is 14.8. The van der Waals surface area contributed by atoms with Crippen molar-refractivity contribution < 1.29 is 0 Å². The van der Waals surface area contributed by atoms with Crippen LogP contribution in [0.3, 0.4) is 0 Å². The third kappa shape index (κ3) is 33.3. The lowest BCUT2D eigenvalue weighted by molar-refractivity contribution is 0.226. The number of hydrogen-bond acceptors (Lipinski definition) is 5. The van der Waals surface area contributed by atoms with Crippen molar-refractivity contribution in [1.82, 2.24) is 0 Å². The minimum atomic E-state index is 0.340. The molecule has 0 aliphatic carbocycles. The molecule has 282 valence electrons. The van der Waals surface area contributed by atoms with Gasteiger partial charge >= 0.3 is 0 Å². The molecule has 5 heteroatoms. The lowest BCUT2D eigenvalue weighted by Gasteiger charge is -2.39. The molecule has 0 aliphatic rings. The first-order valence-electron chi connectivity index (χ1n) is 21.0. The summed E-state index contributed by atoms with van der Waals surface area (Å²) in [7, 11) is 0. The third-order valence-corrected chi connectivity index (χ3v) is 12.5. The van der Waals surface area contributed by atoms with Crippen molar-refractivity contribution in [3.63, 3.8) is 0 Å². The topological polar surface area (TPSA) is 0 Å². The van der Waals surface area contributed by atoms with Crippen molar-refractivity contribution in [3.8, 4) is 0 Å². The van der Waals surface area contributed by atoms with Gasteiger partial charge in [0.15, 0.2) is 0 Å². The first-order valence-corrected chi connectivity index (χ1v) is 23.9. The molecule has 0 nitrogen and oxygen atoms in total. The average Bonchev–Trinajstić information content (AvgIpc) is 3.08. The minimum Gasteiger partial charge on any atom is -0.179 e. The van der Waals surface area contributed by atoms with Crippen molar-refractivity contribution in [1.29, 1.82) is 0 Å². The Bertz CT molecular complexity index is 573. The van der Waals surface area contributed by atoms with E-state index in [1.807, 2.05) is 0 Å². The summed E-state index contributed by atoms with van der Waals surface area (Å²) in [5.74, 6) is 5.23. The molecular formula is C42H84S5. The highest BCUT2D eigenvalue weighted by molar-refractivity contribution is 7.83. The van der Waals surface area contributed by atoms with E-state index in [1.165, 1.54) is 225 Å². The highest BCUT2D eigenvalue weighted by Crippen LogP contribution is 2.49. The largest absolute Gasteiger partial charge is 0.179 e. The summed E-state index contributed by atoms with van der Waals surface area (Å²) >= 11 is 22.9. The Balaban J connectivity index is 4.67. The molecule has 2 radical (unpaired) electrons. The smallest absolute Gasteiger partial charge is 0.0335 e. The highest BCUT2D eigenvalue weighted by atomic mass is 32.1. The first kappa shape index (κ1) is 48.8. The van der Waals surface area contributed by atoms with Gasteiger partial charge in [0.05, 0.1) is 0 Å². The molecule has 47 heavy (non-hydrogen) atoms. The SMILES string of the molecule is S[CH]CCCC(CCCCCCCCCCS)(CCCCCCCCCCCCS)[C](S)CCCCCCCCCCCCCCS. The van der Waals surface area contributed by atoms with E-state index in [1.54, 1.807) is 5.25 Å². The maximum atomic E-state index is 5.39. The molecule has 0 saturated carbocycles. The predicted molar refractivity (Wildman–Crippen MR) is 236 cm³/mol. The summed E-state index contributed by atoms with van der Waals surface area (Å²) in [6.45, 7) is 0. The van der Waals surface area contributed by atoms with Crippen molar-refractivity contribution in [2.45, 2.75) is 231 Å². The second kappa shape index (κ2) is 40.5. The quantitative estimate of drug-likeness (QED) is 0.0298. The van der Waals surface area contributed by atoms with Gasteiger partial charge in [0, 0.05) is 11.0 Å². The first-order chi connectivity index (χ1) is 23.2. The fourth-order valence-corrected chi connectivity index (χ4v) is 8.75. The Morgan fingerprint density at radius 3 is 0.894 bits per heavy atom. The third-order valence-electron chi connectivity index (χ3n) is 10.5. The molecule has 0 aromatic rings. The summed E-state index contributed by atoms with van der Waals surface area (Å²) in [6, 6.07) is 0. The number of thiol groups is 5. The molecule has 0 fully saturated rings. The van der Waals surface area contributed by atoms with E-state index >= 15 is 0 Å². The van der Waals surface area contributed by atoms with Gasteiger partial charge in [-0.3, -0.25) is 0 Å². The molecule has 0 bridgehead atoms. The monoisotopic (exact) mass is 749 g/mol. The van der Waals surface area contributed by atoms with Gasteiger partial charge in [-0.2, -0.15) is 63.1 Å². The lowest BCUT2D eigenvalue weighted by Crippen LogP contribution is -2.27. The van der Waals surface area contributed by atoms with Crippen LogP contribution in [0.15, 0.2) is 0 Å². The average molecular weight is 749 g/mol. The zero-order valence-corrected chi connectivity index (χ0v) is 35.9. The summed E-state index contributed by atoms with van der Waals surface area (Å²) in [6.07, 6.45) is 49.5. The van der Waals surface area contributed by atoms with Crippen LogP contribution < -0.4 is 0 Å². The maximum Gasteiger partial charge on any atom is 0.0335 e. The zero-order valence-electron chi connectivity index (χ0n) is 31.4. The Labute approximate surface area is 325 Å². The van der Waals surface area contributed by atoms with Crippen molar-refractivity contribution in [3.05, 3.63) is 11.0 Å². The van der Waals surface area contributed by atoms with Crippen LogP contribution in [0.4, 0.5) is 0 Å². The highest BCUT2D eigenvalue weighted by Gasteiger charge is 2.35. The van der Waals surface area contributed by atoms with E-state index < -0.39 is 0 Å². The molecule has 0 aromatic carbocycles. The van der Waals surface area contributed by atoms with Crippen LogP contribution in [0, 0.1) is 16.4 Å². The molecule has 0 heterocycles. The molecular weight excluding hydrogens is 665 g/mol. The van der Waals surface area contributed by atoms with Gasteiger partial charge in [0.2, 0.25) is 0 Å². The number of rotatable bonds is 41. The fraction of sp³-hybridized carbons (Fsp3) is 0.952. The Morgan fingerprint density at radius 2 is 0.596 bits per heavy atom. The van der Waals surface area contributed by atoms with E-state index in [-0.39, 0.29) is 0 Å². The molecule has 0 amide bonds.